The monoisotopic (exact) mass is 499 g/mol. The molecule has 0 saturated heterocycles. The second-order valence-corrected chi connectivity index (χ2v) is 8.96. The van der Waals surface area contributed by atoms with Gasteiger partial charge in [-0.2, -0.15) is 0 Å². The number of nitrogens with two attached hydrogens (primary N) is 1. The van der Waals surface area contributed by atoms with E-state index in [1.54, 1.807) is 71.0 Å². The second-order valence-electron chi connectivity index (χ2n) is 8.96. The Morgan fingerprint density at radius 1 is 0.778 bits per heavy atom. The van der Waals surface area contributed by atoms with Gasteiger partial charge < -0.3 is 24.7 Å². The first-order valence-corrected chi connectivity index (χ1v) is 11.7. The van der Waals surface area contributed by atoms with Crippen molar-refractivity contribution in [2.24, 2.45) is 17.6 Å². The lowest BCUT2D eigenvalue weighted by atomic mass is 10.1. The van der Waals surface area contributed by atoms with Crippen molar-refractivity contribution in [2.75, 3.05) is 6.61 Å². The lowest BCUT2D eigenvalue weighted by Gasteiger charge is -2.18. The molecule has 0 saturated carbocycles. The first-order chi connectivity index (χ1) is 17.0. The number of carbonyl (C=O) groups excluding carboxylic acids is 4. The van der Waals surface area contributed by atoms with Crippen molar-refractivity contribution >= 4 is 23.9 Å². The highest BCUT2D eigenvalue weighted by atomic mass is 16.6. The summed E-state index contributed by atoms with van der Waals surface area (Å²) in [6, 6.07) is 12.0. The van der Waals surface area contributed by atoms with Gasteiger partial charge in [0.1, 0.15) is 18.8 Å². The fraction of sp³-hybridized carbons (Fsp3) is 0.407. The molecule has 0 unspecified atom stereocenters. The van der Waals surface area contributed by atoms with Crippen molar-refractivity contribution in [1.82, 2.24) is 0 Å². The van der Waals surface area contributed by atoms with Crippen LogP contribution in [0.15, 0.2) is 48.5 Å². The van der Waals surface area contributed by atoms with Gasteiger partial charge in [-0.05, 0) is 43.2 Å². The molecule has 0 amide bonds. The number of esters is 4. The highest BCUT2D eigenvalue weighted by Gasteiger charge is 2.22. The maximum absolute atomic E-state index is 12.5. The summed E-state index contributed by atoms with van der Waals surface area (Å²) < 4.78 is 21.2. The van der Waals surface area contributed by atoms with Crippen molar-refractivity contribution in [1.29, 1.82) is 0 Å². The molecule has 0 aliphatic rings. The van der Waals surface area contributed by atoms with Gasteiger partial charge in [0.05, 0.1) is 17.4 Å². The summed E-state index contributed by atoms with van der Waals surface area (Å²) in [5, 5.41) is 0. The fourth-order valence-corrected chi connectivity index (χ4v) is 2.80. The molecule has 0 heterocycles. The van der Waals surface area contributed by atoms with Crippen LogP contribution in [0.4, 0.5) is 0 Å². The van der Waals surface area contributed by atoms with E-state index in [2.05, 4.69) is 0 Å². The maximum Gasteiger partial charge on any atom is 0.338 e. The summed E-state index contributed by atoms with van der Waals surface area (Å²) in [6.07, 6.45) is -0.642. The average Bonchev–Trinajstić information content (AvgIpc) is 2.84. The molecule has 0 spiro atoms. The van der Waals surface area contributed by atoms with Crippen LogP contribution in [0.25, 0.3) is 0 Å². The molecule has 2 N–H and O–H groups in total. The molecule has 2 aromatic carbocycles. The van der Waals surface area contributed by atoms with Gasteiger partial charge >= 0.3 is 23.9 Å². The minimum Gasteiger partial charge on any atom is -0.458 e. The number of benzene rings is 2. The lowest BCUT2D eigenvalue weighted by Crippen LogP contribution is -2.37. The number of hydrogen-bond donors (Lipinski definition) is 1. The van der Waals surface area contributed by atoms with Crippen LogP contribution in [-0.2, 0) is 30.3 Å². The SMILES string of the molecule is CC(C)C(=O)Oc1ccc(C[C@H](N)C(=O)O[C@@H](C)COC(=O)c2ccccc2)cc1OC(=O)C(C)C. The van der Waals surface area contributed by atoms with Gasteiger partial charge in [0.15, 0.2) is 11.5 Å². The summed E-state index contributed by atoms with van der Waals surface area (Å²) in [6.45, 7) is 8.18. The zero-order chi connectivity index (χ0) is 26.8. The molecule has 9 nitrogen and oxygen atoms in total. The largest absolute Gasteiger partial charge is 0.458 e. The lowest BCUT2D eigenvalue weighted by molar-refractivity contribution is -0.151. The zero-order valence-corrected chi connectivity index (χ0v) is 21.2. The molecule has 0 bridgehead atoms. The van der Waals surface area contributed by atoms with E-state index >= 15 is 0 Å². The molecule has 0 aliphatic heterocycles. The Bertz CT molecular complexity index is 1060. The summed E-state index contributed by atoms with van der Waals surface area (Å²) in [7, 11) is 0. The molecule has 194 valence electrons. The van der Waals surface area contributed by atoms with Crippen LogP contribution in [-0.4, -0.2) is 42.6 Å². The van der Waals surface area contributed by atoms with Gasteiger partial charge in [0.2, 0.25) is 0 Å². The van der Waals surface area contributed by atoms with Crippen molar-refractivity contribution in [3.63, 3.8) is 0 Å². The molecule has 0 fully saturated rings. The number of ether oxygens (including phenoxy) is 4. The van der Waals surface area contributed by atoms with E-state index in [4.69, 9.17) is 24.7 Å². The van der Waals surface area contributed by atoms with Crippen LogP contribution >= 0.6 is 0 Å². The third-order valence-corrected chi connectivity index (χ3v) is 4.91. The fourth-order valence-electron chi connectivity index (χ4n) is 2.80. The highest BCUT2D eigenvalue weighted by molar-refractivity contribution is 5.89. The van der Waals surface area contributed by atoms with E-state index in [-0.39, 0.29) is 30.4 Å². The Hall–Kier alpha value is -3.72. The van der Waals surface area contributed by atoms with Crippen molar-refractivity contribution in [2.45, 2.75) is 53.2 Å². The molecular formula is C27H33NO8. The highest BCUT2D eigenvalue weighted by Crippen LogP contribution is 2.30. The Balaban J connectivity index is 2.00. The minimum absolute atomic E-state index is 0.0574. The standard InChI is InChI=1S/C27H33NO8/c1-16(2)24(29)35-22-12-11-19(14-23(22)36-25(30)17(3)4)13-21(28)27(32)34-18(5)15-33-26(31)20-9-7-6-8-10-20/h6-12,14,16-18,21H,13,15,28H2,1-5H3/t18-,21-/m0/s1. The average molecular weight is 500 g/mol. The Morgan fingerprint density at radius 3 is 1.94 bits per heavy atom. The molecular weight excluding hydrogens is 466 g/mol. The zero-order valence-electron chi connectivity index (χ0n) is 21.2. The topological polar surface area (TPSA) is 131 Å². The van der Waals surface area contributed by atoms with Crippen LogP contribution in [0.2, 0.25) is 0 Å². The Labute approximate surface area is 210 Å². The van der Waals surface area contributed by atoms with Gasteiger partial charge in [-0.1, -0.05) is 52.0 Å². The van der Waals surface area contributed by atoms with E-state index in [0.29, 0.717) is 11.1 Å². The second kappa shape index (κ2) is 13.4. The van der Waals surface area contributed by atoms with Crippen molar-refractivity contribution in [3.05, 3.63) is 59.7 Å². The number of hydrogen-bond acceptors (Lipinski definition) is 9. The van der Waals surface area contributed by atoms with E-state index in [0.717, 1.165) is 0 Å². The van der Waals surface area contributed by atoms with Crippen LogP contribution in [0.5, 0.6) is 11.5 Å². The molecule has 2 atom stereocenters. The smallest absolute Gasteiger partial charge is 0.338 e. The molecule has 0 aromatic heterocycles. The van der Waals surface area contributed by atoms with Gasteiger partial charge in [-0.15, -0.1) is 0 Å². The minimum atomic E-state index is -1.03. The van der Waals surface area contributed by atoms with Gasteiger partial charge in [-0.3, -0.25) is 14.4 Å². The molecule has 36 heavy (non-hydrogen) atoms. The maximum atomic E-state index is 12.5. The van der Waals surface area contributed by atoms with Crippen LogP contribution in [0.3, 0.4) is 0 Å². The summed E-state index contributed by atoms with van der Waals surface area (Å²) in [5.74, 6) is -2.83. The number of rotatable bonds is 11. The van der Waals surface area contributed by atoms with Crippen molar-refractivity contribution < 1.29 is 38.1 Å². The summed E-state index contributed by atoms with van der Waals surface area (Å²) >= 11 is 0. The van der Waals surface area contributed by atoms with Crippen LogP contribution in [0, 0.1) is 11.8 Å². The van der Waals surface area contributed by atoms with E-state index < -0.39 is 41.9 Å². The normalized spacial score (nSPS) is 12.6. The molecule has 2 aromatic rings. The first-order valence-electron chi connectivity index (χ1n) is 11.7. The van der Waals surface area contributed by atoms with Gasteiger partial charge in [0, 0.05) is 0 Å². The van der Waals surface area contributed by atoms with Crippen LogP contribution < -0.4 is 15.2 Å². The first kappa shape index (κ1) is 28.5. The quantitative estimate of drug-likeness (QED) is 0.365. The summed E-state index contributed by atoms with van der Waals surface area (Å²) in [5.41, 5.74) is 6.99. The van der Waals surface area contributed by atoms with E-state index in [1.807, 2.05) is 0 Å². The molecule has 2 rings (SSSR count). The van der Waals surface area contributed by atoms with Crippen molar-refractivity contribution in [3.8, 4) is 11.5 Å². The molecule has 0 aliphatic carbocycles. The predicted octanol–water partition coefficient (Wildman–Crippen LogP) is 3.47. The number of carbonyl (C=O) groups is 4. The third kappa shape index (κ3) is 8.81. The van der Waals surface area contributed by atoms with Gasteiger partial charge in [0.25, 0.3) is 0 Å². The van der Waals surface area contributed by atoms with Gasteiger partial charge in [-0.25, -0.2) is 4.79 Å². The predicted molar refractivity (Wildman–Crippen MR) is 131 cm³/mol. The molecule has 9 heteroatoms. The van der Waals surface area contributed by atoms with E-state index in [9.17, 15) is 19.2 Å². The molecule has 0 radical (unpaired) electrons. The summed E-state index contributed by atoms with van der Waals surface area (Å²) in [4.78, 5) is 48.7. The third-order valence-electron chi connectivity index (χ3n) is 4.91. The van der Waals surface area contributed by atoms with E-state index in [1.165, 1.54) is 12.1 Å². The van der Waals surface area contributed by atoms with Crippen LogP contribution in [0.1, 0.15) is 50.5 Å². The Morgan fingerprint density at radius 2 is 1.36 bits per heavy atom. The Kier molecular flexibility index (Phi) is 10.6.